The van der Waals surface area contributed by atoms with Gasteiger partial charge >= 0.3 is 0 Å². The molecule has 0 aromatic carbocycles. The molecule has 0 spiro atoms. The largest absolute Gasteiger partial charge is 0.490 e. The molecule has 1 unspecified atom stereocenters. The Morgan fingerprint density at radius 2 is 2.30 bits per heavy atom. The number of hydrogen-bond donors (Lipinski definition) is 1. The highest BCUT2D eigenvalue weighted by atomic mass is 16.5. The fourth-order valence-corrected chi connectivity index (χ4v) is 2.92. The van der Waals surface area contributed by atoms with E-state index in [1.54, 1.807) is 13.4 Å². The molecule has 112 valence electrons. The van der Waals surface area contributed by atoms with E-state index in [1.165, 1.54) is 19.4 Å². The van der Waals surface area contributed by atoms with Gasteiger partial charge < -0.3 is 15.0 Å². The van der Waals surface area contributed by atoms with Crippen molar-refractivity contribution in [2.24, 2.45) is 0 Å². The first-order chi connectivity index (χ1) is 9.71. The molecule has 2 heterocycles. The van der Waals surface area contributed by atoms with E-state index in [1.807, 2.05) is 7.05 Å². The molecule has 6 nitrogen and oxygen atoms in total. The van der Waals surface area contributed by atoms with Gasteiger partial charge in [0.15, 0.2) is 11.6 Å². The molecule has 1 aromatic heterocycles. The van der Waals surface area contributed by atoms with Gasteiger partial charge in [-0.1, -0.05) is 6.92 Å². The summed E-state index contributed by atoms with van der Waals surface area (Å²) in [6, 6.07) is 0.600. The van der Waals surface area contributed by atoms with Gasteiger partial charge in [-0.3, -0.25) is 4.90 Å². The van der Waals surface area contributed by atoms with Crippen LogP contribution in [0.4, 0.5) is 11.6 Å². The van der Waals surface area contributed by atoms with E-state index in [4.69, 9.17) is 4.74 Å². The van der Waals surface area contributed by atoms with E-state index in [9.17, 15) is 0 Å². The maximum absolute atomic E-state index is 5.46. The predicted molar refractivity (Wildman–Crippen MR) is 81.7 cm³/mol. The summed E-state index contributed by atoms with van der Waals surface area (Å²) >= 11 is 0. The van der Waals surface area contributed by atoms with Crippen molar-refractivity contribution in [3.05, 3.63) is 6.33 Å². The van der Waals surface area contributed by atoms with Gasteiger partial charge in [0.05, 0.1) is 7.11 Å². The Balaban J connectivity index is 2.14. The van der Waals surface area contributed by atoms with E-state index in [2.05, 4.69) is 39.1 Å². The number of likely N-dealkylation sites (N-methyl/N-ethyl adjacent to an activating group) is 2. The molecule has 0 bridgehead atoms. The van der Waals surface area contributed by atoms with Crippen LogP contribution in [0.1, 0.15) is 19.8 Å². The zero-order valence-corrected chi connectivity index (χ0v) is 12.9. The summed E-state index contributed by atoms with van der Waals surface area (Å²) in [6.45, 7) is 5.51. The molecule has 1 aliphatic rings. The van der Waals surface area contributed by atoms with E-state index >= 15 is 0 Å². The number of aromatic nitrogens is 2. The SMILES string of the molecule is CCN1CCCC1CN(C)c1ncnc(NC)c1OC. The Bertz CT molecular complexity index is 440. The van der Waals surface area contributed by atoms with Gasteiger partial charge in [0.1, 0.15) is 6.33 Å². The molecule has 0 aliphatic carbocycles. The van der Waals surface area contributed by atoms with Crippen molar-refractivity contribution in [3.63, 3.8) is 0 Å². The van der Waals surface area contributed by atoms with E-state index in [0.29, 0.717) is 11.8 Å². The first kappa shape index (κ1) is 14.8. The van der Waals surface area contributed by atoms with Crippen molar-refractivity contribution in [2.75, 3.05) is 51.1 Å². The monoisotopic (exact) mass is 279 g/mol. The highest BCUT2D eigenvalue weighted by molar-refractivity contribution is 5.64. The molecular formula is C14H25N5O. The Morgan fingerprint density at radius 3 is 2.95 bits per heavy atom. The van der Waals surface area contributed by atoms with Crippen LogP contribution in [0.3, 0.4) is 0 Å². The number of ether oxygens (including phenoxy) is 1. The highest BCUT2D eigenvalue weighted by Gasteiger charge is 2.25. The second-order valence-corrected chi connectivity index (χ2v) is 5.13. The minimum absolute atomic E-state index is 0.600. The van der Waals surface area contributed by atoms with Crippen LogP contribution in [-0.4, -0.2) is 61.7 Å². The zero-order valence-electron chi connectivity index (χ0n) is 12.9. The average molecular weight is 279 g/mol. The molecule has 1 saturated heterocycles. The summed E-state index contributed by atoms with van der Waals surface area (Å²) in [6.07, 6.45) is 4.12. The first-order valence-electron chi connectivity index (χ1n) is 7.23. The highest BCUT2D eigenvalue weighted by Crippen LogP contribution is 2.31. The van der Waals surface area contributed by atoms with Crippen LogP contribution in [-0.2, 0) is 0 Å². The number of nitrogens with one attached hydrogen (secondary N) is 1. The molecule has 20 heavy (non-hydrogen) atoms. The Labute approximate surface area is 121 Å². The third-order valence-electron chi connectivity index (χ3n) is 3.98. The molecule has 1 atom stereocenters. The third kappa shape index (κ3) is 2.95. The van der Waals surface area contributed by atoms with Crippen molar-refractivity contribution < 1.29 is 4.74 Å². The van der Waals surface area contributed by atoms with Gasteiger partial charge in [-0.15, -0.1) is 0 Å². The number of rotatable bonds is 6. The maximum atomic E-state index is 5.46. The van der Waals surface area contributed by atoms with Crippen molar-refractivity contribution in [3.8, 4) is 5.75 Å². The second kappa shape index (κ2) is 6.74. The molecule has 1 fully saturated rings. The molecule has 0 saturated carbocycles. The normalized spacial score (nSPS) is 19.1. The van der Waals surface area contributed by atoms with Gasteiger partial charge in [0.2, 0.25) is 5.75 Å². The predicted octanol–water partition coefficient (Wildman–Crippen LogP) is 1.45. The van der Waals surface area contributed by atoms with Gasteiger partial charge in [-0.05, 0) is 25.9 Å². The van der Waals surface area contributed by atoms with E-state index < -0.39 is 0 Å². The van der Waals surface area contributed by atoms with Gasteiger partial charge in [0.25, 0.3) is 0 Å². The smallest absolute Gasteiger partial charge is 0.204 e. The van der Waals surface area contributed by atoms with Crippen molar-refractivity contribution >= 4 is 11.6 Å². The lowest BCUT2D eigenvalue weighted by atomic mass is 10.2. The van der Waals surface area contributed by atoms with Gasteiger partial charge in [-0.25, -0.2) is 9.97 Å². The van der Waals surface area contributed by atoms with Crippen LogP contribution in [0.5, 0.6) is 5.75 Å². The summed E-state index contributed by atoms with van der Waals surface area (Å²) < 4.78 is 5.46. The average Bonchev–Trinajstić information content (AvgIpc) is 2.93. The zero-order chi connectivity index (χ0) is 14.5. The number of hydrogen-bond acceptors (Lipinski definition) is 6. The lowest BCUT2D eigenvalue weighted by Gasteiger charge is -2.29. The lowest BCUT2D eigenvalue weighted by Crippen LogP contribution is -2.39. The van der Waals surface area contributed by atoms with E-state index in [0.717, 1.165) is 24.7 Å². The third-order valence-corrected chi connectivity index (χ3v) is 3.98. The summed E-state index contributed by atoms with van der Waals surface area (Å²) in [5.41, 5.74) is 0. The molecular weight excluding hydrogens is 254 g/mol. The maximum Gasteiger partial charge on any atom is 0.204 e. The Hall–Kier alpha value is -1.56. The Morgan fingerprint density at radius 1 is 1.50 bits per heavy atom. The summed E-state index contributed by atoms with van der Waals surface area (Å²) in [4.78, 5) is 13.3. The van der Waals surface area contributed by atoms with Crippen molar-refractivity contribution in [1.29, 1.82) is 0 Å². The van der Waals surface area contributed by atoms with Crippen LogP contribution < -0.4 is 15.0 Å². The van der Waals surface area contributed by atoms with Crippen molar-refractivity contribution in [1.82, 2.24) is 14.9 Å². The first-order valence-corrected chi connectivity index (χ1v) is 7.23. The topological polar surface area (TPSA) is 53.5 Å². The minimum Gasteiger partial charge on any atom is -0.490 e. The van der Waals surface area contributed by atoms with Crippen LogP contribution in [0, 0.1) is 0 Å². The van der Waals surface area contributed by atoms with Crippen LogP contribution in [0.25, 0.3) is 0 Å². The standard InChI is InChI=1S/C14H25N5O/c1-5-19-8-6-7-11(19)9-18(3)14-12(20-4)13(15-2)16-10-17-14/h10-11H,5-9H2,1-4H3,(H,15,16,17). The molecule has 1 aliphatic heterocycles. The fraction of sp³-hybridized carbons (Fsp3) is 0.714. The summed E-state index contributed by atoms with van der Waals surface area (Å²) in [5.74, 6) is 2.27. The van der Waals surface area contributed by atoms with Crippen molar-refractivity contribution in [2.45, 2.75) is 25.8 Å². The molecule has 2 rings (SSSR count). The molecule has 0 amide bonds. The summed E-state index contributed by atoms with van der Waals surface area (Å²) in [7, 11) is 5.56. The fourth-order valence-electron chi connectivity index (χ4n) is 2.92. The number of methoxy groups -OCH3 is 1. The van der Waals surface area contributed by atoms with Gasteiger partial charge in [0, 0.05) is 26.7 Å². The molecule has 1 aromatic rings. The van der Waals surface area contributed by atoms with Crippen LogP contribution >= 0.6 is 0 Å². The van der Waals surface area contributed by atoms with Gasteiger partial charge in [-0.2, -0.15) is 0 Å². The Kier molecular flexibility index (Phi) is 5.00. The molecule has 6 heteroatoms. The number of nitrogens with zero attached hydrogens (tertiary/aromatic N) is 4. The van der Waals surface area contributed by atoms with Crippen LogP contribution in [0.2, 0.25) is 0 Å². The lowest BCUT2D eigenvalue weighted by molar-refractivity contribution is 0.270. The quantitative estimate of drug-likeness (QED) is 0.850. The summed E-state index contributed by atoms with van der Waals surface area (Å²) in [5, 5.41) is 3.04. The second-order valence-electron chi connectivity index (χ2n) is 5.13. The minimum atomic E-state index is 0.600. The number of anilines is 2. The molecule has 0 radical (unpaired) electrons. The number of likely N-dealkylation sites (tertiary alicyclic amines) is 1. The molecule has 1 N–H and O–H groups in total. The van der Waals surface area contributed by atoms with E-state index in [-0.39, 0.29) is 0 Å². The van der Waals surface area contributed by atoms with Crippen LogP contribution in [0.15, 0.2) is 6.33 Å².